The normalized spacial score (nSPS) is 10.1. The largest absolute Gasteiger partial charge is 0.288 e. The summed E-state index contributed by atoms with van der Waals surface area (Å²) in [7, 11) is 0. The SMILES string of the molecule is CCC(=O)NOCc1c(CC)cccc1C(=O)NO. The molecule has 19 heavy (non-hydrogen) atoms. The summed E-state index contributed by atoms with van der Waals surface area (Å²) in [5.41, 5.74) is 5.78. The summed E-state index contributed by atoms with van der Waals surface area (Å²) in [5.74, 6) is -0.835. The van der Waals surface area contributed by atoms with E-state index < -0.39 is 5.91 Å². The highest BCUT2D eigenvalue weighted by molar-refractivity contribution is 5.95. The minimum Gasteiger partial charge on any atom is -0.288 e. The predicted molar refractivity (Wildman–Crippen MR) is 68.3 cm³/mol. The van der Waals surface area contributed by atoms with Gasteiger partial charge in [-0.25, -0.2) is 11.0 Å². The first kappa shape index (κ1) is 15.1. The molecule has 0 aliphatic carbocycles. The van der Waals surface area contributed by atoms with E-state index in [9.17, 15) is 9.59 Å². The van der Waals surface area contributed by atoms with E-state index in [4.69, 9.17) is 10.0 Å². The number of carbonyl (C=O) groups is 2. The fourth-order valence-corrected chi connectivity index (χ4v) is 1.67. The van der Waals surface area contributed by atoms with Crippen LogP contribution in [0.5, 0.6) is 0 Å². The summed E-state index contributed by atoms with van der Waals surface area (Å²) in [4.78, 5) is 27.7. The van der Waals surface area contributed by atoms with Gasteiger partial charge in [0.1, 0.15) is 6.61 Å². The van der Waals surface area contributed by atoms with Gasteiger partial charge < -0.3 is 0 Å². The van der Waals surface area contributed by atoms with Crippen LogP contribution in [0.15, 0.2) is 18.2 Å². The minimum absolute atomic E-state index is 0.0680. The molecule has 0 radical (unpaired) electrons. The lowest BCUT2D eigenvalue weighted by Gasteiger charge is -2.13. The molecule has 6 nitrogen and oxygen atoms in total. The third-order valence-corrected chi connectivity index (χ3v) is 2.72. The number of nitrogens with one attached hydrogen (secondary N) is 2. The van der Waals surface area contributed by atoms with E-state index in [2.05, 4.69) is 5.48 Å². The molecule has 0 saturated heterocycles. The van der Waals surface area contributed by atoms with Crippen molar-refractivity contribution in [1.82, 2.24) is 11.0 Å². The van der Waals surface area contributed by atoms with Crippen molar-refractivity contribution in [3.8, 4) is 0 Å². The van der Waals surface area contributed by atoms with E-state index in [0.29, 0.717) is 24.0 Å². The van der Waals surface area contributed by atoms with Gasteiger partial charge in [-0.15, -0.1) is 0 Å². The lowest BCUT2D eigenvalue weighted by Crippen LogP contribution is -2.25. The van der Waals surface area contributed by atoms with Gasteiger partial charge in [-0.3, -0.25) is 19.6 Å². The van der Waals surface area contributed by atoms with Crippen molar-refractivity contribution < 1.29 is 19.6 Å². The van der Waals surface area contributed by atoms with E-state index in [1.807, 2.05) is 13.0 Å². The first-order valence-electron chi connectivity index (χ1n) is 6.09. The zero-order valence-electron chi connectivity index (χ0n) is 11.0. The van der Waals surface area contributed by atoms with Crippen molar-refractivity contribution >= 4 is 11.8 Å². The monoisotopic (exact) mass is 266 g/mol. The zero-order valence-corrected chi connectivity index (χ0v) is 11.0. The smallest absolute Gasteiger partial charge is 0.275 e. The molecule has 1 aromatic rings. The third kappa shape index (κ3) is 4.04. The molecule has 0 bridgehead atoms. The highest BCUT2D eigenvalue weighted by Crippen LogP contribution is 2.16. The molecular formula is C13H18N2O4. The van der Waals surface area contributed by atoms with Gasteiger partial charge in [0.25, 0.3) is 5.91 Å². The molecule has 0 heterocycles. The second-order valence-electron chi connectivity index (χ2n) is 3.91. The first-order chi connectivity index (χ1) is 9.13. The van der Waals surface area contributed by atoms with Crippen LogP contribution in [-0.4, -0.2) is 17.0 Å². The standard InChI is InChI=1S/C13H18N2O4/c1-3-9-6-5-7-10(13(17)14-18)11(9)8-19-15-12(16)4-2/h5-7,18H,3-4,8H2,1-2H3,(H,14,17)(H,15,16). The van der Waals surface area contributed by atoms with Crippen molar-refractivity contribution in [2.24, 2.45) is 0 Å². The Kier molecular flexibility index (Phi) is 5.98. The van der Waals surface area contributed by atoms with Crippen LogP contribution in [0.2, 0.25) is 0 Å². The van der Waals surface area contributed by atoms with Gasteiger partial charge in [0.05, 0.1) is 0 Å². The molecule has 1 rings (SSSR count). The first-order valence-corrected chi connectivity index (χ1v) is 6.09. The Morgan fingerprint density at radius 3 is 2.63 bits per heavy atom. The lowest BCUT2D eigenvalue weighted by atomic mass is 9.99. The second-order valence-corrected chi connectivity index (χ2v) is 3.91. The Balaban J connectivity index is 2.89. The Morgan fingerprint density at radius 2 is 2.05 bits per heavy atom. The van der Waals surface area contributed by atoms with Crippen molar-refractivity contribution in [3.05, 3.63) is 34.9 Å². The van der Waals surface area contributed by atoms with Crippen LogP contribution in [0.3, 0.4) is 0 Å². The van der Waals surface area contributed by atoms with Gasteiger partial charge in [-0.05, 0) is 23.6 Å². The predicted octanol–water partition coefficient (Wildman–Crippen LogP) is 1.33. The summed E-state index contributed by atoms with van der Waals surface area (Å²) in [6.07, 6.45) is 1.03. The Hall–Kier alpha value is -1.92. The van der Waals surface area contributed by atoms with Crippen molar-refractivity contribution in [2.45, 2.75) is 33.3 Å². The van der Waals surface area contributed by atoms with Crippen LogP contribution in [0.1, 0.15) is 41.8 Å². The minimum atomic E-state index is -0.601. The molecular weight excluding hydrogens is 248 g/mol. The molecule has 0 unspecified atom stereocenters. The van der Waals surface area contributed by atoms with Gasteiger partial charge >= 0.3 is 0 Å². The fourth-order valence-electron chi connectivity index (χ4n) is 1.67. The number of hydrogen-bond donors (Lipinski definition) is 3. The second kappa shape index (κ2) is 7.50. The maximum absolute atomic E-state index is 11.6. The molecule has 1 aromatic carbocycles. The van der Waals surface area contributed by atoms with Crippen LogP contribution in [0.4, 0.5) is 0 Å². The average Bonchev–Trinajstić information content (AvgIpc) is 2.46. The van der Waals surface area contributed by atoms with Gasteiger partial charge in [0.15, 0.2) is 0 Å². The topological polar surface area (TPSA) is 87.7 Å². The van der Waals surface area contributed by atoms with E-state index in [0.717, 1.165) is 5.56 Å². The molecule has 6 heteroatoms. The molecule has 3 N–H and O–H groups in total. The van der Waals surface area contributed by atoms with Gasteiger partial charge in [-0.1, -0.05) is 26.0 Å². The summed E-state index contributed by atoms with van der Waals surface area (Å²) in [6.45, 7) is 3.73. The number of hydrogen-bond acceptors (Lipinski definition) is 4. The highest BCUT2D eigenvalue weighted by Gasteiger charge is 2.14. The van der Waals surface area contributed by atoms with Crippen LogP contribution in [-0.2, 0) is 22.7 Å². The maximum Gasteiger partial charge on any atom is 0.275 e. The Labute approximate surface area is 111 Å². The van der Waals surface area contributed by atoms with E-state index in [-0.39, 0.29) is 12.5 Å². The molecule has 0 saturated carbocycles. The van der Waals surface area contributed by atoms with E-state index in [1.165, 1.54) is 0 Å². The number of benzene rings is 1. The van der Waals surface area contributed by atoms with Crippen molar-refractivity contribution in [1.29, 1.82) is 0 Å². The van der Waals surface area contributed by atoms with Gasteiger partial charge in [-0.2, -0.15) is 0 Å². The molecule has 104 valence electrons. The average molecular weight is 266 g/mol. The Morgan fingerprint density at radius 1 is 1.32 bits per heavy atom. The summed E-state index contributed by atoms with van der Waals surface area (Å²) in [5, 5.41) is 8.72. The molecule has 2 amide bonds. The van der Waals surface area contributed by atoms with E-state index >= 15 is 0 Å². The molecule has 0 aromatic heterocycles. The third-order valence-electron chi connectivity index (χ3n) is 2.72. The van der Waals surface area contributed by atoms with Gasteiger partial charge in [0, 0.05) is 12.0 Å². The summed E-state index contributed by atoms with van der Waals surface area (Å²) >= 11 is 0. The number of hydroxylamine groups is 2. The molecule has 0 atom stereocenters. The number of amides is 2. The molecule has 0 aliphatic heterocycles. The highest BCUT2D eigenvalue weighted by atomic mass is 16.6. The fraction of sp³-hybridized carbons (Fsp3) is 0.385. The number of aryl methyl sites for hydroxylation is 1. The summed E-state index contributed by atoms with van der Waals surface area (Å²) < 4.78 is 0. The zero-order chi connectivity index (χ0) is 14.3. The maximum atomic E-state index is 11.6. The molecule has 0 spiro atoms. The van der Waals surface area contributed by atoms with Crippen LogP contribution < -0.4 is 11.0 Å². The van der Waals surface area contributed by atoms with Crippen LogP contribution in [0, 0.1) is 0 Å². The van der Waals surface area contributed by atoms with Crippen LogP contribution in [0.25, 0.3) is 0 Å². The van der Waals surface area contributed by atoms with Crippen LogP contribution >= 0.6 is 0 Å². The molecule has 0 aliphatic rings. The van der Waals surface area contributed by atoms with Crippen molar-refractivity contribution in [3.63, 3.8) is 0 Å². The lowest BCUT2D eigenvalue weighted by molar-refractivity contribution is -0.134. The number of carbonyl (C=O) groups excluding carboxylic acids is 2. The molecule has 0 fully saturated rings. The number of rotatable bonds is 6. The van der Waals surface area contributed by atoms with E-state index in [1.54, 1.807) is 24.5 Å². The van der Waals surface area contributed by atoms with Crippen molar-refractivity contribution in [2.75, 3.05) is 0 Å². The quantitative estimate of drug-likeness (QED) is 0.535. The Bertz CT molecular complexity index is 460. The van der Waals surface area contributed by atoms with Gasteiger partial charge in [0.2, 0.25) is 5.91 Å². The summed E-state index contributed by atoms with van der Waals surface area (Å²) in [6, 6.07) is 5.19.